The van der Waals surface area contributed by atoms with Crippen LogP contribution < -0.4 is 5.32 Å². The highest BCUT2D eigenvalue weighted by molar-refractivity contribution is 5.46. The summed E-state index contributed by atoms with van der Waals surface area (Å²) in [5, 5.41) is 7.85. The van der Waals surface area contributed by atoms with Gasteiger partial charge in [0.25, 0.3) is 0 Å². The summed E-state index contributed by atoms with van der Waals surface area (Å²) in [5.74, 6) is 1.02. The molecule has 0 aromatic carbocycles. The van der Waals surface area contributed by atoms with Crippen LogP contribution in [-0.2, 0) is 26.3 Å². The second-order valence-electron chi connectivity index (χ2n) is 5.37. The lowest BCUT2D eigenvalue weighted by atomic mass is 10.1. The minimum atomic E-state index is 0.862. The molecule has 0 aliphatic heterocycles. The zero-order valence-electron chi connectivity index (χ0n) is 12.0. The van der Waals surface area contributed by atoms with Gasteiger partial charge in [0.05, 0.1) is 5.69 Å². The normalized spacial score (nSPS) is 14.7. The summed E-state index contributed by atoms with van der Waals surface area (Å²) in [7, 11) is 1.95. The van der Waals surface area contributed by atoms with E-state index in [1.54, 1.807) is 6.33 Å². The van der Waals surface area contributed by atoms with Crippen molar-refractivity contribution in [1.29, 1.82) is 0 Å². The second-order valence-corrected chi connectivity index (χ2v) is 5.37. The summed E-state index contributed by atoms with van der Waals surface area (Å²) in [6, 6.07) is 2.06. The maximum absolute atomic E-state index is 4.44. The smallest absolute Gasteiger partial charge is 0.132 e. The van der Waals surface area contributed by atoms with E-state index in [1.165, 1.54) is 30.5 Å². The number of nitrogens with one attached hydrogen (secondary N) is 1. The predicted octanol–water partition coefficient (Wildman–Crippen LogP) is 2.13. The Kier molecular flexibility index (Phi) is 3.95. The van der Waals surface area contributed by atoms with Crippen LogP contribution in [-0.4, -0.2) is 26.3 Å². The van der Waals surface area contributed by atoms with Crippen molar-refractivity contribution in [3.63, 3.8) is 0 Å². The Labute approximate surface area is 119 Å². The molecule has 0 fully saturated rings. The fraction of sp³-hybridized carbons (Fsp3) is 0.533. The molecule has 5 nitrogen and oxygen atoms in total. The Balaban J connectivity index is 1.65. The van der Waals surface area contributed by atoms with E-state index in [0.29, 0.717) is 0 Å². The van der Waals surface area contributed by atoms with Gasteiger partial charge in [-0.1, -0.05) is 6.42 Å². The summed E-state index contributed by atoms with van der Waals surface area (Å²) in [5.41, 5.74) is 3.67. The van der Waals surface area contributed by atoms with Gasteiger partial charge in [-0.3, -0.25) is 4.68 Å². The van der Waals surface area contributed by atoms with Crippen LogP contribution in [0.1, 0.15) is 36.2 Å². The number of fused-ring (bicyclic) bond motifs is 1. The number of hydrogen-bond donors (Lipinski definition) is 1. The molecule has 0 spiro atoms. The molecule has 0 saturated carbocycles. The number of aromatic nitrogens is 4. The first-order chi connectivity index (χ1) is 9.83. The number of hydrogen-bond acceptors (Lipinski definition) is 4. The molecule has 3 rings (SSSR count). The number of nitrogens with zero attached hydrogens (tertiary/aromatic N) is 4. The van der Waals surface area contributed by atoms with Crippen LogP contribution in [0.4, 0.5) is 5.82 Å². The molecular weight excluding hydrogens is 250 g/mol. The molecule has 2 aromatic heterocycles. The van der Waals surface area contributed by atoms with E-state index in [2.05, 4.69) is 26.4 Å². The van der Waals surface area contributed by atoms with Crippen LogP contribution >= 0.6 is 0 Å². The molecule has 0 amide bonds. The van der Waals surface area contributed by atoms with Crippen LogP contribution in [0.25, 0.3) is 0 Å². The van der Waals surface area contributed by atoms with Gasteiger partial charge in [0.15, 0.2) is 0 Å². The fourth-order valence-electron chi connectivity index (χ4n) is 2.76. The van der Waals surface area contributed by atoms with Gasteiger partial charge >= 0.3 is 0 Å². The topological polar surface area (TPSA) is 55.6 Å². The van der Waals surface area contributed by atoms with Crippen molar-refractivity contribution in [3.05, 3.63) is 35.5 Å². The molecule has 1 aliphatic rings. The third-order valence-electron chi connectivity index (χ3n) is 3.82. The Morgan fingerprint density at radius 3 is 2.95 bits per heavy atom. The Hall–Kier alpha value is -1.91. The van der Waals surface area contributed by atoms with Crippen molar-refractivity contribution in [1.82, 2.24) is 19.7 Å². The molecule has 20 heavy (non-hydrogen) atoms. The highest BCUT2D eigenvalue weighted by Gasteiger charge is 2.13. The zero-order valence-corrected chi connectivity index (χ0v) is 12.0. The Bertz CT molecular complexity index is 575. The predicted molar refractivity (Wildman–Crippen MR) is 78.7 cm³/mol. The van der Waals surface area contributed by atoms with Gasteiger partial charge in [0, 0.05) is 37.5 Å². The molecule has 5 heteroatoms. The molecule has 106 valence electrons. The summed E-state index contributed by atoms with van der Waals surface area (Å²) < 4.78 is 1.84. The molecular formula is C15H21N5. The highest BCUT2D eigenvalue weighted by Crippen LogP contribution is 2.23. The van der Waals surface area contributed by atoms with Crippen LogP contribution in [0.15, 0.2) is 18.6 Å². The van der Waals surface area contributed by atoms with E-state index in [9.17, 15) is 0 Å². The van der Waals surface area contributed by atoms with Gasteiger partial charge in [0.1, 0.15) is 12.1 Å². The molecule has 0 saturated heterocycles. The minimum Gasteiger partial charge on any atom is -0.369 e. The van der Waals surface area contributed by atoms with Gasteiger partial charge < -0.3 is 5.32 Å². The summed E-state index contributed by atoms with van der Waals surface area (Å²) >= 11 is 0. The largest absolute Gasteiger partial charge is 0.369 e. The van der Waals surface area contributed by atoms with Gasteiger partial charge in [0.2, 0.25) is 0 Å². The van der Waals surface area contributed by atoms with Gasteiger partial charge in [-0.05, 0) is 31.7 Å². The molecule has 2 aromatic rings. The lowest BCUT2D eigenvalue weighted by Gasteiger charge is -2.11. The average molecular weight is 271 g/mol. The van der Waals surface area contributed by atoms with E-state index in [0.717, 1.165) is 37.3 Å². The Morgan fingerprint density at radius 1 is 1.20 bits per heavy atom. The molecule has 0 radical (unpaired) electrons. The van der Waals surface area contributed by atoms with E-state index in [1.807, 2.05) is 17.9 Å². The van der Waals surface area contributed by atoms with Gasteiger partial charge in [-0.15, -0.1) is 0 Å². The molecule has 0 atom stereocenters. The third-order valence-corrected chi connectivity index (χ3v) is 3.82. The van der Waals surface area contributed by atoms with Crippen molar-refractivity contribution >= 4 is 5.82 Å². The van der Waals surface area contributed by atoms with Gasteiger partial charge in [-0.25, -0.2) is 9.97 Å². The standard InChI is InChI=1S/C15H21N5/c1-20-10-8-12(19-20)7-9-16-15-13-5-3-2-4-6-14(13)17-11-18-15/h8,10-11H,2-7,9H2,1H3,(H,16,17,18). The van der Waals surface area contributed by atoms with E-state index >= 15 is 0 Å². The van der Waals surface area contributed by atoms with E-state index < -0.39 is 0 Å². The lowest BCUT2D eigenvalue weighted by molar-refractivity contribution is 0.708. The van der Waals surface area contributed by atoms with Gasteiger partial charge in [-0.2, -0.15) is 5.10 Å². The monoisotopic (exact) mass is 271 g/mol. The number of anilines is 1. The van der Waals surface area contributed by atoms with Crippen LogP contribution in [0.3, 0.4) is 0 Å². The SMILES string of the molecule is Cn1ccc(CCNc2ncnc3c2CCCCC3)n1. The quantitative estimate of drug-likeness (QED) is 0.866. The summed E-state index contributed by atoms with van der Waals surface area (Å²) in [4.78, 5) is 8.86. The van der Waals surface area contributed by atoms with Crippen LogP contribution in [0.5, 0.6) is 0 Å². The summed E-state index contributed by atoms with van der Waals surface area (Å²) in [6.45, 7) is 0.862. The number of rotatable bonds is 4. The number of aryl methyl sites for hydroxylation is 2. The minimum absolute atomic E-state index is 0.862. The van der Waals surface area contributed by atoms with Crippen molar-refractivity contribution < 1.29 is 0 Å². The first kappa shape index (κ1) is 13.1. The van der Waals surface area contributed by atoms with Crippen molar-refractivity contribution in [2.75, 3.05) is 11.9 Å². The molecule has 1 aliphatic carbocycles. The van der Waals surface area contributed by atoms with E-state index in [4.69, 9.17) is 0 Å². The summed E-state index contributed by atoms with van der Waals surface area (Å²) in [6.07, 6.45) is 10.6. The third kappa shape index (κ3) is 2.98. The maximum Gasteiger partial charge on any atom is 0.132 e. The van der Waals surface area contributed by atoms with Crippen LogP contribution in [0.2, 0.25) is 0 Å². The Morgan fingerprint density at radius 2 is 2.10 bits per heavy atom. The maximum atomic E-state index is 4.44. The molecule has 0 bridgehead atoms. The molecule has 0 unspecified atom stereocenters. The van der Waals surface area contributed by atoms with Crippen LogP contribution in [0, 0.1) is 0 Å². The van der Waals surface area contributed by atoms with Crippen molar-refractivity contribution in [2.45, 2.75) is 38.5 Å². The zero-order chi connectivity index (χ0) is 13.8. The molecule has 1 N–H and O–H groups in total. The lowest BCUT2D eigenvalue weighted by Crippen LogP contribution is -2.11. The molecule has 2 heterocycles. The van der Waals surface area contributed by atoms with Crippen molar-refractivity contribution in [3.8, 4) is 0 Å². The van der Waals surface area contributed by atoms with Crippen molar-refractivity contribution in [2.24, 2.45) is 7.05 Å². The average Bonchev–Trinajstić information content (AvgIpc) is 2.73. The fourth-order valence-corrected chi connectivity index (χ4v) is 2.76. The highest BCUT2D eigenvalue weighted by atomic mass is 15.2. The second kappa shape index (κ2) is 6.03. The first-order valence-corrected chi connectivity index (χ1v) is 7.38. The first-order valence-electron chi connectivity index (χ1n) is 7.38. The van der Waals surface area contributed by atoms with E-state index in [-0.39, 0.29) is 0 Å².